The Morgan fingerprint density at radius 1 is 1.12 bits per heavy atom. The highest BCUT2D eigenvalue weighted by molar-refractivity contribution is 9.10. The van der Waals surface area contributed by atoms with Crippen molar-refractivity contribution in [1.29, 1.82) is 0 Å². The molecule has 4 nitrogen and oxygen atoms in total. The number of aromatic nitrogens is 2. The van der Waals surface area contributed by atoms with Gasteiger partial charge in [0.2, 0.25) is 0 Å². The Hall–Kier alpha value is -1.76. The summed E-state index contributed by atoms with van der Waals surface area (Å²) in [6, 6.07) is 17.6. The van der Waals surface area contributed by atoms with Gasteiger partial charge in [-0.1, -0.05) is 46.3 Å². The van der Waals surface area contributed by atoms with E-state index in [0.29, 0.717) is 6.42 Å². The molecule has 124 valence electrons. The van der Waals surface area contributed by atoms with Gasteiger partial charge in [0.05, 0.1) is 11.4 Å². The molecule has 24 heavy (non-hydrogen) atoms. The third-order valence-electron chi connectivity index (χ3n) is 3.84. The van der Waals surface area contributed by atoms with Gasteiger partial charge >= 0.3 is 0 Å². The molecule has 0 bridgehead atoms. The molecule has 0 spiro atoms. The van der Waals surface area contributed by atoms with Crippen LogP contribution >= 0.6 is 15.9 Å². The van der Waals surface area contributed by atoms with Gasteiger partial charge in [0.15, 0.2) is 4.90 Å². The third kappa shape index (κ3) is 3.83. The van der Waals surface area contributed by atoms with E-state index in [1.165, 1.54) is 5.56 Å². The minimum Gasteiger partial charge on any atom is -0.588 e. The van der Waals surface area contributed by atoms with E-state index in [1.54, 1.807) is 0 Å². The molecule has 0 saturated heterocycles. The summed E-state index contributed by atoms with van der Waals surface area (Å²) in [5.41, 5.74) is 3.87. The first-order valence-corrected chi connectivity index (χ1v) is 9.49. The monoisotopic (exact) mass is 403 g/mol. The summed E-state index contributed by atoms with van der Waals surface area (Å²) in [5, 5.41) is 4.58. The molecule has 1 heterocycles. The summed E-state index contributed by atoms with van der Waals surface area (Å²) in [5.74, 6) is 0. The van der Waals surface area contributed by atoms with E-state index in [4.69, 9.17) is 0 Å². The van der Waals surface area contributed by atoms with E-state index in [1.807, 2.05) is 61.1 Å². The highest BCUT2D eigenvalue weighted by Gasteiger charge is 2.20. The minimum absolute atomic E-state index is 0.697. The van der Waals surface area contributed by atoms with Crippen LogP contribution in [-0.2, 0) is 24.8 Å². The predicted octanol–water partition coefficient (Wildman–Crippen LogP) is 4.22. The second-order valence-corrected chi connectivity index (χ2v) is 7.65. The van der Waals surface area contributed by atoms with Crippen molar-refractivity contribution < 1.29 is 4.55 Å². The van der Waals surface area contributed by atoms with Crippen LogP contribution in [0.1, 0.15) is 17.0 Å². The molecular weight excluding hydrogens is 386 g/mol. The molecule has 0 amide bonds. The van der Waals surface area contributed by atoms with Crippen LogP contribution in [0.25, 0.3) is 0 Å². The number of anilines is 1. The topological polar surface area (TPSA) is 52.9 Å². The van der Waals surface area contributed by atoms with Crippen molar-refractivity contribution in [3.8, 4) is 0 Å². The van der Waals surface area contributed by atoms with E-state index in [-0.39, 0.29) is 0 Å². The van der Waals surface area contributed by atoms with E-state index < -0.39 is 11.4 Å². The summed E-state index contributed by atoms with van der Waals surface area (Å²) in [6.07, 6.45) is 0.697. The molecular formula is C18H18BrN3OS. The lowest BCUT2D eigenvalue weighted by Crippen LogP contribution is -2.14. The first-order chi connectivity index (χ1) is 11.5. The van der Waals surface area contributed by atoms with Crippen LogP contribution in [-0.4, -0.2) is 14.3 Å². The first-order valence-electron chi connectivity index (χ1n) is 7.55. The van der Waals surface area contributed by atoms with Crippen molar-refractivity contribution in [3.63, 3.8) is 0 Å². The molecule has 3 rings (SSSR count). The molecule has 0 aliphatic carbocycles. The molecule has 1 aromatic heterocycles. The maximum absolute atomic E-state index is 12.6. The molecule has 1 unspecified atom stereocenters. The summed E-state index contributed by atoms with van der Waals surface area (Å²) in [7, 11) is 1.90. The van der Waals surface area contributed by atoms with Gasteiger partial charge < -0.3 is 4.55 Å². The number of rotatable bonds is 5. The fourth-order valence-corrected chi connectivity index (χ4v) is 3.65. The van der Waals surface area contributed by atoms with Crippen LogP contribution in [0.5, 0.6) is 0 Å². The summed E-state index contributed by atoms with van der Waals surface area (Å²) in [4.78, 5) is 0.729. The molecule has 1 atom stereocenters. The normalized spacial score (nSPS) is 12.2. The van der Waals surface area contributed by atoms with Crippen LogP contribution in [0.15, 0.2) is 64.0 Å². The van der Waals surface area contributed by atoms with Crippen molar-refractivity contribution >= 4 is 33.0 Å². The maximum Gasteiger partial charge on any atom is 0.179 e. The van der Waals surface area contributed by atoms with Crippen LogP contribution < -0.4 is 4.72 Å². The van der Waals surface area contributed by atoms with Crippen molar-refractivity contribution in [2.24, 2.45) is 7.05 Å². The van der Waals surface area contributed by atoms with Crippen molar-refractivity contribution in [2.45, 2.75) is 18.2 Å². The Morgan fingerprint density at radius 3 is 2.46 bits per heavy atom. The molecule has 6 heteroatoms. The van der Waals surface area contributed by atoms with Crippen molar-refractivity contribution in [2.75, 3.05) is 4.72 Å². The van der Waals surface area contributed by atoms with Gasteiger partial charge in [-0.3, -0.25) is 4.68 Å². The van der Waals surface area contributed by atoms with Gasteiger partial charge in [0.25, 0.3) is 0 Å². The number of nitrogens with zero attached hydrogens (tertiary/aromatic N) is 2. The third-order valence-corrected chi connectivity index (χ3v) is 5.46. The van der Waals surface area contributed by atoms with Gasteiger partial charge in [-0.05, 0) is 36.8 Å². The van der Waals surface area contributed by atoms with Crippen LogP contribution in [0.2, 0.25) is 0 Å². The molecule has 0 fully saturated rings. The summed E-state index contributed by atoms with van der Waals surface area (Å²) < 4.78 is 18.6. The molecule has 0 radical (unpaired) electrons. The van der Waals surface area contributed by atoms with Gasteiger partial charge in [-0.15, -0.1) is 0 Å². The fraction of sp³-hybridized carbons (Fsp3) is 0.167. The molecule has 3 aromatic rings. The zero-order valence-corrected chi connectivity index (χ0v) is 15.9. The van der Waals surface area contributed by atoms with Gasteiger partial charge in [-0.2, -0.15) is 9.82 Å². The quantitative estimate of drug-likeness (QED) is 0.648. The lowest BCUT2D eigenvalue weighted by molar-refractivity contribution is 0.600. The second-order valence-electron chi connectivity index (χ2n) is 5.52. The van der Waals surface area contributed by atoms with Gasteiger partial charge in [0.1, 0.15) is 17.0 Å². The minimum atomic E-state index is -1.33. The number of hydrogen-bond donors (Lipinski definition) is 1. The van der Waals surface area contributed by atoms with Gasteiger partial charge in [-0.25, -0.2) is 0 Å². The summed E-state index contributed by atoms with van der Waals surface area (Å²) in [6.45, 7) is 1.97. The smallest absolute Gasteiger partial charge is 0.179 e. The van der Waals surface area contributed by atoms with E-state index >= 15 is 0 Å². The standard InChI is InChI=1S/C18H18BrN3OS/c1-13-18(21-24(23)16-10-8-15(19)9-11-16)17(20-22(13)2)12-14-6-4-3-5-7-14/h3-11,21H,12H2,1-2H3. The highest BCUT2D eigenvalue weighted by atomic mass is 79.9. The largest absolute Gasteiger partial charge is 0.588 e. The van der Waals surface area contributed by atoms with E-state index in [9.17, 15) is 4.55 Å². The van der Waals surface area contributed by atoms with Crippen LogP contribution in [0.3, 0.4) is 0 Å². The van der Waals surface area contributed by atoms with Crippen LogP contribution in [0.4, 0.5) is 5.69 Å². The predicted molar refractivity (Wildman–Crippen MR) is 101 cm³/mol. The number of nitrogens with one attached hydrogen (secondary N) is 1. The second kappa shape index (κ2) is 7.42. The number of aryl methyl sites for hydroxylation is 1. The number of hydrogen-bond acceptors (Lipinski definition) is 3. The number of benzene rings is 2. The Labute approximate surface area is 153 Å². The average Bonchev–Trinajstić information content (AvgIpc) is 2.84. The lowest BCUT2D eigenvalue weighted by atomic mass is 10.1. The van der Waals surface area contributed by atoms with Crippen molar-refractivity contribution in [1.82, 2.24) is 9.78 Å². The maximum atomic E-state index is 12.6. The average molecular weight is 404 g/mol. The molecule has 0 saturated carbocycles. The van der Waals surface area contributed by atoms with Crippen molar-refractivity contribution in [3.05, 3.63) is 76.0 Å². The zero-order chi connectivity index (χ0) is 17.1. The Balaban J connectivity index is 1.85. The van der Waals surface area contributed by atoms with Gasteiger partial charge in [0, 0.05) is 17.9 Å². The fourth-order valence-electron chi connectivity index (χ4n) is 2.43. The Kier molecular flexibility index (Phi) is 5.28. The van der Waals surface area contributed by atoms with Crippen LogP contribution in [0, 0.1) is 6.92 Å². The highest BCUT2D eigenvalue weighted by Crippen LogP contribution is 2.26. The van der Waals surface area contributed by atoms with E-state index in [0.717, 1.165) is 26.4 Å². The van der Waals surface area contributed by atoms with E-state index in [2.05, 4.69) is 37.9 Å². The summed E-state index contributed by atoms with van der Waals surface area (Å²) >= 11 is 2.06. The number of halogens is 1. The lowest BCUT2D eigenvalue weighted by Gasteiger charge is -2.12. The molecule has 1 N–H and O–H groups in total. The Bertz CT molecular complexity index is 818. The molecule has 0 aliphatic rings. The SMILES string of the molecule is Cc1c(N[S+]([O-])c2ccc(Br)cc2)c(Cc2ccccc2)nn1C. The molecule has 2 aromatic carbocycles. The zero-order valence-electron chi connectivity index (χ0n) is 13.5. The Morgan fingerprint density at radius 2 is 1.79 bits per heavy atom. The molecule has 0 aliphatic heterocycles. The first kappa shape index (κ1) is 17.1.